The molecule has 2 rings (SSSR count). The highest BCUT2D eigenvalue weighted by atomic mass is 16.6. The van der Waals surface area contributed by atoms with Gasteiger partial charge in [0.1, 0.15) is 5.60 Å². The second kappa shape index (κ2) is 8.20. The molecule has 0 spiro atoms. The van der Waals surface area contributed by atoms with Crippen LogP contribution in [0.1, 0.15) is 45.6 Å². The Morgan fingerprint density at radius 3 is 2.87 bits per heavy atom. The van der Waals surface area contributed by atoms with Gasteiger partial charge in [-0.3, -0.25) is 0 Å². The van der Waals surface area contributed by atoms with E-state index in [1.54, 1.807) is 0 Å². The van der Waals surface area contributed by atoms with Crippen LogP contribution in [0.4, 0.5) is 10.5 Å². The molecule has 0 aromatic heterocycles. The van der Waals surface area contributed by atoms with Gasteiger partial charge in [0.15, 0.2) is 0 Å². The minimum Gasteiger partial charge on any atom is -0.444 e. The zero-order valence-corrected chi connectivity index (χ0v) is 14.4. The molecule has 1 aromatic rings. The highest BCUT2D eigenvalue weighted by Gasteiger charge is 2.15. The van der Waals surface area contributed by atoms with Gasteiger partial charge in [0.2, 0.25) is 0 Å². The minimum absolute atomic E-state index is 0.387. The molecule has 1 aromatic carbocycles. The first-order chi connectivity index (χ1) is 10.9. The Hall–Kier alpha value is -1.75. The molecule has 1 fully saturated rings. The molecule has 23 heavy (non-hydrogen) atoms. The molecule has 1 aliphatic heterocycles. The lowest BCUT2D eigenvalue weighted by Gasteiger charge is -2.24. The van der Waals surface area contributed by atoms with Crippen molar-refractivity contribution in [3.63, 3.8) is 0 Å². The molecule has 1 amide bonds. The van der Waals surface area contributed by atoms with Crippen molar-refractivity contribution in [1.29, 1.82) is 0 Å². The van der Waals surface area contributed by atoms with E-state index in [2.05, 4.69) is 28.1 Å². The maximum Gasteiger partial charge on any atom is 0.407 e. The van der Waals surface area contributed by atoms with Gasteiger partial charge in [0.05, 0.1) is 0 Å². The van der Waals surface area contributed by atoms with Crippen LogP contribution in [0.2, 0.25) is 0 Å². The average Bonchev–Trinajstić information content (AvgIpc) is 2.51. The van der Waals surface area contributed by atoms with Crippen LogP contribution in [-0.2, 0) is 11.3 Å². The number of nitrogens with one attached hydrogen (secondary N) is 3. The number of carbonyl (C=O) groups is 1. The smallest absolute Gasteiger partial charge is 0.407 e. The molecule has 0 aliphatic carbocycles. The largest absolute Gasteiger partial charge is 0.444 e. The minimum atomic E-state index is -0.472. The Balaban J connectivity index is 1.78. The highest BCUT2D eigenvalue weighted by molar-refractivity contribution is 5.67. The summed E-state index contributed by atoms with van der Waals surface area (Å²) in [7, 11) is 0. The fraction of sp³-hybridized carbons (Fsp3) is 0.611. The lowest BCUT2D eigenvalue weighted by Crippen LogP contribution is -2.39. The van der Waals surface area contributed by atoms with Crippen molar-refractivity contribution < 1.29 is 9.53 Å². The third-order valence-corrected chi connectivity index (χ3v) is 3.73. The van der Waals surface area contributed by atoms with Crippen molar-refractivity contribution in [3.8, 4) is 0 Å². The van der Waals surface area contributed by atoms with Crippen LogP contribution in [0.25, 0.3) is 0 Å². The molecule has 1 saturated heterocycles. The third-order valence-electron chi connectivity index (χ3n) is 3.73. The van der Waals surface area contributed by atoms with Gasteiger partial charge in [0, 0.05) is 24.8 Å². The molecule has 1 heterocycles. The molecule has 0 bridgehead atoms. The second-order valence-corrected chi connectivity index (χ2v) is 7.08. The number of alkyl carbamates (subject to hydrolysis) is 1. The highest BCUT2D eigenvalue weighted by Crippen LogP contribution is 2.13. The van der Waals surface area contributed by atoms with Crippen LogP contribution >= 0.6 is 0 Å². The maximum absolute atomic E-state index is 11.7. The Morgan fingerprint density at radius 2 is 2.17 bits per heavy atom. The van der Waals surface area contributed by atoms with Crippen LogP contribution < -0.4 is 16.0 Å². The van der Waals surface area contributed by atoms with E-state index in [1.165, 1.54) is 19.3 Å². The van der Waals surface area contributed by atoms with E-state index in [9.17, 15) is 4.79 Å². The first-order valence-corrected chi connectivity index (χ1v) is 8.45. The molecule has 3 N–H and O–H groups in total. The number of carbonyl (C=O) groups excluding carboxylic acids is 1. The number of amides is 1. The van der Waals surface area contributed by atoms with Crippen molar-refractivity contribution in [2.24, 2.45) is 0 Å². The van der Waals surface area contributed by atoms with Crippen molar-refractivity contribution in [3.05, 3.63) is 29.8 Å². The molecular weight excluding hydrogens is 290 g/mol. The number of piperidine rings is 1. The quantitative estimate of drug-likeness (QED) is 0.779. The molecular formula is C18H29N3O2. The molecule has 1 aliphatic rings. The van der Waals surface area contributed by atoms with Crippen LogP contribution in [-0.4, -0.2) is 30.8 Å². The summed E-state index contributed by atoms with van der Waals surface area (Å²) in [4.78, 5) is 11.7. The summed E-state index contributed by atoms with van der Waals surface area (Å²) in [5.74, 6) is 0. The normalized spacial score (nSPS) is 18.3. The van der Waals surface area contributed by atoms with Gasteiger partial charge in [-0.25, -0.2) is 4.79 Å². The number of hydrogen-bond donors (Lipinski definition) is 3. The van der Waals surface area contributed by atoms with Crippen LogP contribution in [0.15, 0.2) is 24.3 Å². The Bertz CT molecular complexity index is 505. The summed E-state index contributed by atoms with van der Waals surface area (Å²) < 4.78 is 5.24. The van der Waals surface area contributed by atoms with Gasteiger partial charge in [-0.1, -0.05) is 18.6 Å². The first kappa shape index (κ1) is 17.6. The molecule has 0 radical (unpaired) electrons. The Labute approximate surface area is 139 Å². The summed E-state index contributed by atoms with van der Waals surface area (Å²) in [6.07, 6.45) is 3.43. The second-order valence-electron chi connectivity index (χ2n) is 7.08. The Morgan fingerprint density at radius 1 is 1.35 bits per heavy atom. The molecule has 5 nitrogen and oxygen atoms in total. The molecule has 1 unspecified atom stereocenters. The number of rotatable bonds is 5. The standard InChI is InChI=1S/C18H29N3O2/c1-18(2,3)23-17(22)21-12-14-7-6-9-15(11-14)20-13-16-8-4-5-10-19-16/h6-7,9,11,16,19-20H,4-5,8,10,12-13H2,1-3H3,(H,21,22). The molecule has 5 heteroatoms. The lowest BCUT2D eigenvalue weighted by atomic mass is 10.1. The summed E-state index contributed by atoms with van der Waals surface area (Å²) in [5, 5.41) is 9.79. The summed E-state index contributed by atoms with van der Waals surface area (Å²) >= 11 is 0. The summed E-state index contributed by atoms with van der Waals surface area (Å²) in [6.45, 7) is 8.09. The van der Waals surface area contributed by atoms with E-state index in [4.69, 9.17) is 4.74 Å². The van der Waals surface area contributed by atoms with Crippen LogP contribution in [0.5, 0.6) is 0 Å². The number of anilines is 1. The van der Waals surface area contributed by atoms with Crippen LogP contribution in [0, 0.1) is 0 Å². The van der Waals surface area contributed by atoms with Gasteiger partial charge < -0.3 is 20.7 Å². The zero-order valence-electron chi connectivity index (χ0n) is 14.4. The number of benzene rings is 1. The number of hydrogen-bond acceptors (Lipinski definition) is 4. The van der Waals surface area contributed by atoms with Gasteiger partial charge in [-0.2, -0.15) is 0 Å². The lowest BCUT2D eigenvalue weighted by molar-refractivity contribution is 0.0523. The predicted octanol–water partition coefficient (Wildman–Crippen LogP) is 3.27. The maximum atomic E-state index is 11.7. The summed E-state index contributed by atoms with van der Waals surface area (Å²) in [6, 6.07) is 8.68. The SMILES string of the molecule is CC(C)(C)OC(=O)NCc1cccc(NCC2CCCCN2)c1. The molecule has 0 saturated carbocycles. The molecule has 128 valence electrons. The van der Waals surface area contributed by atoms with E-state index in [-0.39, 0.29) is 6.09 Å². The van der Waals surface area contributed by atoms with Gasteiger partial charge in [0.25, 0.3) is 0 Å². The average molecular weight is 319 g/mol. The fourth-order valence-corrected chi connectivity index (χ4v) is 2.62. The topological polar surface area (TPSA) is 62.4 Å². The zero-order chi connectivity index (χ0) is 16.7. The Kier molecular flexibility index (Phi) is 6.28. The van der Waals surface area contributed by atoms with Crippen LogP contribution in [0.3, 0.4) is 0 Å². The first-order valence-electron chi connectivity index (χ1n) is 8.45. The van der Waals surface area contributed by atoms with E-state index < -0.39 is 5.60 Å². The van der Waals surface area contributed by atoms with Crippen molar-refractivity contribution in [2.75, 3.05) is 18.4 Å². The fourth-order valence-electron chi connectivity index (χ4n) is 2.62. The van der Waals surface area contributed by atoms with Gasteiger partial charge in [-0.05, 0) is 57.9 Å². The van der Waals surface area contributed by atoms with Gasteiger partial charge >= 0.3 is 6.09 Å². The van der Waals surface area contributed by atoms with Crippen molar-refractivity contribution >= 4 is 11.8 Å². The van der Waals surface area contributed by atoms with E-state index in [0.717, 1.165) is 24.3 Å². The van der Waals surface area contributed by atoms with E-state index in [1.807, 2.05) is 32.9 Å². The molecule has 1 atom stereocenters. The summed E-state index contributed by atoms with van der Waals surface area (Å²) in [5.41, 5.74) is 1.67. The van der Waals surface area contributed by atoms with Crippen molar-refractivity contribution in [2.45, 2.75) is 58.2 Å². The number of ether oxygens (including phenoxy) is 1. The van der Waals surface area contributed by atoms with Gasteiger partial charge in [-0.15, -0.1) is 0 Å². The monoisotopic (exact) mass is 319 g/mol. The van der Waals surface area contributed by atoms with Crippen molar-refractivity contribution in [1.82, 2.24) is 10.6 Å². The van der Waals surface area contributed by atoms with E-state index >= 15 is 0 Å². The van der Waals surface area contributed by atoms with E-state index in [0.29, 0.717) is 12.6 Å². The third kappa shape index (κ3) is 6.91. The predicted molar refractivity (Wildman–Crippen MR) is 93.6 cm³/mol.